The van der Waals surface area contributed by atoms with Crippen LogP contribution in [0.5, 0.6) is 5.75 Å². The van der Waals surface area contributed by atoms with Gasteiger partial charge in [0.05, 0.1) is 24.2 Å². The van der Waals surface area contributed by atoms with Crippen molar-refractivity contribution in [2.24, 2.45) is 5.92 Å². The molecule has 11 nitrogen and oxygen atoms in total. The number of methoxy groups -OCH3 is 1. The number of para-hydroxylation sites is 4. The topological polar surface area (TPSA) is 114 Å². The second-order valence-electron chi connectivity index (χ2n) is 13.7. The molecule has 1 aliphatic heterocycles. The SMILES string of the molecule is COc1ccc(N(C(=O)CN2C(=O)C(Cc3nn(C(=O)OC(C)(C)C)c4c(F)cccc34)C(=O)N(c3ccccc3)c3ccccc32)C(C)C)cc1. The van der Waals surface area contributed by atoms with E-state index < -0.39 is 41.8 Å². The summed E-state index contributed by atoms with van der Waals surface area (Å²) in [5.74, 6) is -3.14. The summed E-state index contributed by atoms with van der Waals surface area (Å²) in [5, 5.41) is 4.68. The zero-order chi connectivity index (χ0) is 37.3. The summed E-state index contributed by atoms with van der Waals surface area (Å²) in [6, 6.07) is 26.8. The number of rotatable bonds is 8. The quantitative estimate of drug-likeness (QED) is 0.156. The number of carbonyl (C=O) groups is 4. The molecule has 4 aromatic carbocycles. The molecule has 268 valence electrons. The lowest BCUT2D eigenvalue weighted by Gasteiger charge is -2.31. The van der Waals surface area contributed by atoms with Crippen molar-refractivity contribution in [1.82, 2.24) is 9.78 Å². The normalized spacial score (nSPS) is 14.7. The van der Waals surface area contributed by atoms with Crippen molar-refractivity contribution in [1.29, 1.82) is 0 Å². The largest absolute Gasteiger partial charge is 0.497 e. The number of benzene rings is 4. The molecule has 1 unspecified atom stereocenters. The maximum Gasteiger partial charge on any atom is 0.435 e. The molecular weight excluding hydrogens is 665 g/mol. The van der Waals surface area contributed by atoms with Crippen LogP contribution < -0.4 is 19.4 Å². The minimum Gasteiger partial charge on any atom is -0.497 e. The van der Waals surface area contributed by atoms with Crippen LogP contribution in [0.2, 0.25) is 0 Å². The second kappa shape index (κ2) is 14.3. The summed E-state index contributed by atoms with van der Waals surface area (Å²) in [5.41, 5.74) is 0.965. The van der Waals surface area contributed by atoms with Crippen LogP contribution in [0, 0.1) is 11.7 Å². The van der Waals surface area contributed by atoms with Crippen LogP contribution in [0.3, 0.4) is 0 Å². The number of fused-ring (bicyclic) bond motifs is 2. The number of aromatic nitrogens is 2. The number of halogens is 1. The lowest BCUT2D eigenvalue weighted by molar-refractivity contribution is -0.132. The van der Waals surface area contributed by atoms with Gasteiger partial charge in [0, 0.05) is 29.2 Å². The van der Waals surface area contributed by atoms with E-state index >= 15 is 4.39 Å². The minimum atomic E-state index is -1.43. The molecule has 0 N–H and O–H groups in total. The van der Waals surface area contributed by atoms with Gasteiger partial charge in [0.25, 0.3) is 0 Å². The standard InChI is InChI=1S/C40H40FN5O6/c1-25(2)44(27-19-21-28(51-6)22-20-27)35(47)24-43-33-17-10-11-18-34(33)45(26-13-8-7-9-14-26)38(49)30(37(43)48)23-32-29-15-12-16-31(41)36(29)46(42-32)39(50)52-40(3,4)5/h7-22,25,30H,23-24H2,1-6H3. The van der Waals surface area contributed by atoms with Crippen molar-refractivity contribution in [2.45, 2.75) is 52.7 Å². The maximum absolute atomic E-state index is 15.4. The zero-order valence-electron chi connectivity index (χ0n) is 29.9. The van der Waals surface area contributed by atoms with Gasteiger partial charge < -0.3 is 19.3 Å². The van der Waals surface area contributed by atoms with Gasteiger partial charge in [-0.2, -0.15) is 9.78 Å². The first kappa shape index (κ1) is 35.8. The maximum atomic E-state index is 15.4. The van der Waals surface area contributed by atoms with Crippen LogP contribution in [0.15, 0.2) is 97.1 Å². The van der Waals surface area contributed by atoms with Crippen LogP contribution in [0.1, 0.15) is 40.3 Å². The molecule has 6 rings (SSSR count). The van der Waals surface area contributed by atoms with Crippen LogP contribution in [0.4, 0.5) is 31.9 Å². The Labute approximate surface area is 301 Å². The number of carbonyl (C=O) groups excluding carboxylic acids is 4. The van der Waals surface area contributed by atoms with Gasteiger partial charge in [-0.15, -0.1) is 0 Å². The van der Waals surface area contributed by atoms with E-state index in [9.17, 15) is 19.2 Å². The molecule has 0 radical (unpaired) electrons. The fourth-order valence-electron chi connectivity index (χ4n) is 6.40. The monoisotopic (exact) mass is 705 g/mol. The number of nitrogens with zero attached hydrogens (tertiary/aromatic N) is 5. The van der Waals surface area contributed by atoms with E-state index in [0.717, 1.165) is 4.68 Å². The number of amides is 3. The fourth-order valence-corrected chi connectivity index (χ4v) is 6.40. The highest BCUT2D eigenvalue weighted by molar-refractivity contribution is 6.21. The van der Waals surface area contributed by atoms with E-state index in [1.165, 1.54) is 21.9 Å². The van der Waals surface area contributed by atoms with Crippen LogP contribution in [-0.4, -0.2) is 58.9 Å². The molecule has 0 fully saturated rings. The van der Waals surface area contributed by atoms with Gasteiger partial charge in [0.1, 0.15) is 35.1 Å². The van der Waals surface area contributed by atoms with Crippen molar-refractivity contribution in [3.8, 4) is 5.75 Å². The summed E-state index contributed by atoms with van der Waals surface area (Å²) in [6.45, 7) is 8.38. The summed E-state index contributed by atoms with van der Waals surface area (Å²) >= 11 is 0. The lowest BCUT2D eigenvalue weighted by atomic mass is 9.97. The minimum absolute atomic E-state index is 0.137. The van der Waals surface area contributed by atoms with Crippen LogP contribution in [-0.2, 0) is 25.5 Å². The molecule has 0 bridgehead atoms. The smallest absolute Gasteiger partial charge is 0.435 e. The van der Waals surface area contributed by atoms with Crippen molar-refractivity contribution in [3.63, 3.8) is 0 Å². The Bertz CT molecular complexity index is 2140. The summed E-state index contributed by atoms with van der Waals surface area (Å²) in [7, 11) is 1.56. The molecule has 1 atom stereocenters. The fraction of sp³-hybridized carbons (Fsp3) is 0.275. The Morgan fingerprint density at radius 1 is 0.865 bits per heavy atom. The van der Waals surface area contributed by atoms with E-state index in [1.807, 2.05) is 19.9 Å². The second-order valence-corrected chi connectivity index (χ2v) is 13.7. The molecule has 12 heteroatoms. The number of anilines is 4. The average molecular weight is 706 g/mol. The highest BCUT2D eigenvalue weighted by atomic mass is 19.1. The van der Waals surface area contributed by atoms with Gasteiger partial charge in [-0.3, -0.25) is 19.3 Å². The molecule has 1 aliphatic rings. The number of hydrogen-bond donors (Lipinski definition) is 0. The first-order chi connectivity index (χ1) is 24.8. The third-order valence-corrected chi connectivity index (χ3v) is 8.63. The van der Waals surface area contributed by atoms with E-state index in [-0.39, 0.29) is 35.0 Å². The van der Waals surface area contributed by atoms with Crippen LogP contribution in [0.25, 0.3) is 10.9 Å². The molecule has 1 aromatic heterocycles. The van der Waals surface area contributed by atoms with E-state index in [0.29, 0.717) is 28.5 Å². The summed E-state index contributed by atoms with van der Waals surface area (Å²) in [6.07, 6.45) is -1.22. The van der Waals surface area contributed by atoms with E-state index in [2.05, 4.69) is 5.10 Å². The van der Waals surface area contributed by atoms with Gasteiger partial charge in [-0.1, -0.05) is 42.5 Å². The first-order valence-corrected chi connectivity index (χ1v) is 16.9. The Morgan fingerprint density at radius 3 is 2.15 bits per heavy atom. The lowest BCUT2D eigenvalue weighted by Crippen LogP contribution is -2.48. The van der Waals surface area contributed by atoms with E-state index in [4.69, 9.17) is 9.47 Å². The summed E-state index contributed by atoms with van der Waals surface area (Å²) in [4.78, 5) is 61.6. The van der Waals surface area contributed by atoms with Crippen molar-refractivity contribution >= 4 is 57.5 Å². The number of ether oxygens (including phenoxy) is 2. The van der Waals surface area contributed by atoms with Gasteiger partial charge >= 0.3 is 6.09 Å². The molecule has 3 amide bonds. The molecule has 0 saturated heterocycles. The zero-order valence-corrected chi connectivity index (χ0v) is 29.9. The van der Waals surface area contributed by atoms with Gasteiger partial charge in [0.15, 0.2) is 0 Å². The number of hydrogen-bond acceptors (Lipinski definition) is 7. The Hall–Kier alpha value is -6.04. The Morgan fingerprint density at radius 2 is 1.52 bits per heavy atom. The predicted octanol–water partition coefficient (Wildman–Crippen LogP) is 7.28. The Kier molecular flexibility index (Phi) is 9.83. The van der Waals surface area contributed by atoms with Gasteiger partial charge in [-0.25, -0.2) is 9.18 Å². The molecular formula is C40H40FN5O6. The van der Waals surface area contributed by atoms with Crippen molar-refractivity contribution in [3.05, 3.63) is 109 Å². The van der Waals surface area contributed by atoms with Gasteiger partial charge in [0.2, 0.25) is 17.7 Å². The van der Waals surface area contributed by atoms with Crippen molar-refractivity contribution in [2.75, 3.05) is 28.4 Å². The highest BCUT2D eigenvalue weighted by Gasteiger charge is 2.43. The van der Waals surface area contributed by atoms with Gasteiger partial charge in [-0.05, 0) is 89.2 Å². The molecule has 2 heterocycles. The first-order valence-electron chi connectivity index (χ1n) is 16.9. The summed E-state index contributed by atoms with van der Waals surface area (Å²) < 4.78 is 27.0. The third-order valence-electron chi connectivity index (χ3n) is 8.63. The molecule has 0 aliphatic carbocycles. The predicted molar refractivity (Wildman–Crippen MR) is 197 cm³/mol. The van der Waals surface area contributed by atoms with E-state index in [1.54, 1.807) is 112 Å². The Balaban J connectivity index is 1.47. The van der Waals surface area contributed by atoms with Crippen LogP contribution >= 0.6 is 0 Å². The molecule has 52 heavy (non-hydrogen) atoms. The average Bonchev–Trinajstić information content (AvgIpc) is 3.46. The highest BCUT2D eigenvalue weighted by Crippen LogP contribution is 2.40. The molecule has 0 saturated carbocycles. The third kappa shape index (κ3) is 6.96. The molecule has 5 aromatic rings. The van der Waals surface area contributed by atoms with Crippen molar-refractivity contribution < 1.29 is 33.0 Å². The molecule has 0 spiro atoms.